The number of rotatable bonds is 7. The smallest absolute Gasteiger partial charge is 0.317 e. The number of halogens is 1. The fourth-order valence-electron chi connectivity index (χ4n) is 3.49. The quantitative estimate of drug-likeness (QED) is 0.773. The first-order chi connectivity index (χ1) is 13.0. The third kappa shape index (κ3) is 5.45. The molecule has 0 unspecified atom stereocenters. The second-order valence-electron chi connectivity index (χ2n) is 6.95. The maximum absolute atomic E-state index is 10.9. The van der Waals surface area contributed by atoms with Gasteiger partial charge in [0.25, 0.3) is 0 Å². The fraction of sp³-hybridized carbons (Fsp3) is 0.381. The van der Waals surface area contributed by atoms with Gasteiger partial charge in [0.1, 0.15) is 11.5 Å². The van der Waals surface area contributed by atoms with E-state index < -0.39 is 5.97 Å². The van der Waals surface area contributed by atoms with Crippen molar-refractivity contribution >= 4 is 17.6 Å². The zero-order valence-corrected chi connectivity index (χ0v) is 16.2. The number of aliphatic carboxylic acids is 1. The predicted molar refractivity (Wildman–Crippen MR) is 107 cm³/mol. The molecule has 1 aliphatic heterocycles. The highest BCUT2D eigenvalue weighted by Crippen LogP contribution is 2.32. The summed E-state index contributed by atoms with van der Waals surface area (Å²) in [7, 11) is 1.88. The fourth-order valence-corrected chi connectivity index (χ4v) is 3.71. The van der Waals surface area contributed by atoms with Crippen molar-refractivity contribution in [1.29, 1.82) is 0 Å². The van der Waals surface area contributed by atoms with Crippen LogP contribution in [-0.4, -0.2) is 53.6 Å². The summed E-state index contributed by atoms with van der Waals surface area (Å²) in [6.45, 7) is 2.62. The van der Waals surface area contributed by atoms with Crippen LogP contribution in [0.15, 0.2) is 48.5 Å². The second kappa shape index (κ2) is 9.22. The van der Waals surface area contributed by atoms with Crippen LogP contribution in [0.25, 0.3) is 0 Å². The molecule has 6 heteroatoms. The van der Waals surface area contributed by atoms with Crippen LogP contribution in [0.2, 0.25) is 5.02 Å². The molecule has 0 aromatic heterocycles. The predicted octanol–water partition coefficient (Wildman–Crippen LogP) is 4.11. The Hall–Kier alpha value is -2.08. The van der Waals surface area contributed by atoms with Crippen LogP contribution >= 0.6 is 11.6 Å². The topological polar surface area (TPSA) is 53.0 Å². The molecule has 0 amide bonds. The Kier molecular flexibility index (Phi) is 6.72. The van der Waals surface area contributed by atoms with Crippen LogP contribution < -0.4 is 4.74 Å². The SMILES string of the molecule is CN(CC(=O)O)C1CCN(Cc2c(Cl)cccc2Oc2ccccc2)CC1. The minimum Gasteiger partial charge on any atom is -0.480 e. The summed E-state index contributed by atoms with van der Waals surface area (Å²) in [4.78, 5) is 15.2. The number of hydrogen-bond acceptors (Lipinski definition) is 4. The number of nitrogens with zero attached hydrogens (tertiary/aromatic N) is 2. The van der Waals surface area contributed by atoms with Gasteiger partial charge in [0.2, 0.25) is 0 Å². The van der Waals surface area contributed by atoms with Crippen molar-refractivity contribution in [2.75, 3.05) is 26.7 Å². The molecular formula is C21H25ClN2O3. The van der Waals surface area contributed by atoms with Crippen molar-refractivity contribution in [3.8, 4) is 11.5 Å². The van der Waals surface area contributed by atoms with E-state index in [1.165, 1.54) is 0 Å². The van der Waals surface area contributed by atoms with Crippen molar-refractivity contribution in [3.63, 3.8) is 0 Å². The number of ether oxygens (including phenoxy) is 1. The molecular weight excluding hydrogens is 364 g/mol. The van der Waals surface area contributed by atoms with Crippen LogP contribution in [0.1, 0.15) is 18.4 Å². The Balaban J connectivity index is 1.64. The van der Waals surface area contributed by atoms with Gasteiger partial charge in [-0.15, -0.1) is 0 Å². The standard InChI is InChI=1S/C21H25ClN2O3/c1-23(15-21(25)26)16-10-12-24(13-11-16)14-18-19(22)8-5-9-20(18)27-17-6-3-2-4-7-17/h2-9,16H,10-15H2,1H3,(H,25,26). The van der Waals surface area contributed by atoms with E-state index in [4.69, 9.17) is 21.4 Å². The first-order valence-electron chi connectivity index (χ1n) is 9.17. The van der Waals surface area contributed by atoms with Crippen LogP contribution in [0, 0.1) is 0 Å². The van der Waals surface area contributed by atoms with Gasteiger partial charge in [0.05, 0.1) is 6.54 Å². The van der Waals surface area contributed by atoms with Gasteiger partial charge in [-0.25, -0.2) is 0 Å². The van der Waals surface area contributed by atoms with Crippen molar-refractivity contribution in [2.24, 2.45) is 0 Å². The molecule has 0 spiro atoms. The molecule has 0 saturated carbocycles. The maximum atomic E-state index is 10.9. The van der Waals surface area contributed by atoms with E-state index in [1.54, 1.807) is 0 Å². The lowest BCUT2D eigenvalue weighted by Gasteiger charge is -2.36. The molecule has 1 heterocycles. The molecule has 2 aromatic rings. The van der Waals surface area contributed by atoms with E-state index in [1.807, 2.05) is 60.5 Å². The first kappa shape index (κ1) is 19.7. The zero-order chi connectivity index (χ0) is 19.2. The summed E-state index contributed by atoms with van der Waals surface area (Å²) >= 11 is 6.47. The van der Waals surface area contributed by atoms with Gasteiger partial charge in [-0.1, -0.05) is 35.9 Å². The summed E-state index contributed by atoms with van der Waals surface area (Å²) in [5.74, 6) is 0.785. The molecule has 27 heavy (non-hydrogen) atoms. The first-order valence-corrected chi connectivity index (χ1v) is 9.55. The third-order valence-electron chi connectivity index (χ3n) is 4.99. The summed E-state index contributed by atoms with van der Waals surface area (Å²) in [6, 6.07) is 15.7. The van der Waals surface area contributed by atoms with Gasteiger partial charge in [-0.05, 0) is 57.2 Å². The van der Waals surface area contributed by atoms with Gasteiger partial charge >= 0.3 is 5.97 Å². The average molecular weight is 389 g/mol. The van der Waals surface area contributed by atoms with Crippen LogP contribution in [0.5, 0.6) is 11.5 Å². The molecule has 144 valence electrons. The highest BCUT2D eigenvalue weighted by atomic mass is 35.5. The number of carbonyl (C=O) groups is 1. The Bertz CT molecular complexity index is 761. The molecule has 1 N–H and O–H groups in total. The monoisotopic (exact) mass is 388 g/mol. The second-order valence-corrected chi connectivity index (χ2v) is 7.36. The minimum atomic E-state index is -0.779. The Morgan fingerprint density at radius 1 is 1.19 bits per heavy atom. The Morgan fingerprint density at radius 2 is 1.89 bits per heavy atom. The van der Waals surface area contributed by atoms with Gasteiger partial charge in [-0.3, -0.25) is 14.6 Å². The van der Waals surface area contributed by atoms with Crippen molar-refractivity contribution in [2.45, 2.75) is 25.4 Å². The lowest BCUT2D eigenvalue weighted by Crippen LogP contribution is -2.44. The highest BCUT2D eigenvalue weighted by Gasteiger charge is 2.24. The molecule has 0 bridgehead atoms. The molecule has 0 radical (unpaired) electrons. The van der Waals surface area contributed by atoms with E-state index in [0.717, 1.165) is 49.5 Å². The van der Waals surface area contributed by atoms with Crippen molar-refractivity contribution in [3.05, 3.63) is 59.1 Å². The molecule has 2 aromatic carbocycles. The van der Waals surface area contributed by atoms with E-state index in [-0.39, 0.29) is 6.54 Å². The highest BCUT2D eigenvalue weighted by molar-refractivity contribution is 6.31. The number of likely N-dealkylation sites (N-methyl/N-ethyl adjacent to an activating group) is 1. The third-order valence-corrected chi connectivity index (χ3v) is 5.35. The number of carboxylic acids is 1. The van der Waals surface area contributed by atoms with E-state index >= 15 is 0 Å². The zero-order valence-electron chi connectivity index (χ0n) is 15.5. The van der Waals surface area contributed by atoms with E-state index in [0.29, 0.717) is 11.1 Å². The molecule has 1 fully saturated rings. The van der Waals surface area contributed by atoms with E-state index in [2.05, 4.69) is 4.90 Å². The lowest BCUT2D eigenvalue weighted by molar-refractivity contribution is -0.138. The number of piperidine rings is 1. The summed E-state index contributed by atoms with van der Waals surface area (Å²) in [5, 5.41) is 9.67. The Morgan fingerprint density at radius 3 is 2.56 bits per heavy atom. The minimum absolute atomic E-state index is 0.0875. The number of likely N-dealkylation sites (tertiary alicyclic amines) is 1. The van der Waals surface area contributed by atoms with Gasteiger partial charge in [-0.2, -0.15) is 0 Å². The molecule has 3 rings (SSSR count). The van der Waals surface area contributed by atoms with Crippen LogP contribution in [-0.2, 0) is 11.3 Å². The van der Waals surface area contributed by atoms with Crippen molar-refractivity contribution in [1.82, 2.24) is 9.80 Å². The summed E-state index contributed by atoms with van der Waals surface area (Å²) < 4.78 is 6.05. The van der Waals surface area contributed by atoms with Gasteiger partial charge < -0.3 is 9.84 Å². The molecule has 1 aliphatic rings. The maximum Gasteiger partial charge on any atom is 0.317 e. The lowest BCUT2D eigenvalue weighted by atomic mass is 10.0. The largest absolute Gasteiger partial charge is 0.480 e. The van der Waals surface area contributed by atoms with Crippen LogP contribution in [0.4, 0.5) is 0 Å². The number of para-hydroxylation sites is 1. The molecule has 5 nitrogen and oxygen atoms in total. The average Bonchev–Trinajstić information content (AvgIpc) is 2.65. The normalized spacial score (nSPS) is 15.8. The van der Waals surface area contributed by atoms with Crippen molar-refractivity contribution < 1.29 is 14.6 Å². The number of benzene rings is 2. The van der Waals surface area contributed by atoms with Gasteiger partial charge in [0, 0.05) is 23.2 Å². The number of hydrogen-bond donors (Lipinski definition) is 1. The number of carboxylic acid groups (broad SMARTS) is 1. The molecule has 1 saturated heterocycles. The van der Waals surface area contributed by atoms with Crippen LogP contribution in [0.3, 0.4) is 0 Å². The molecule has 0 atom stereocenters. The summed E-state index contributed by atoms with van der Waals surface area (Å²) in [6.07, 6.45) is 1.90. The summed E-state index contributed by atoms with van der Waals surface area (Å²) in [5.41, 5.74) is 0.986. The Labute approximate surface area is 165 Å². The molecule has 0 aliphatic carbocycles. The van der Waals surface area contributed by atoms with Gasteiger partial charge in [0.15, 0.2) is 0 Å². The van der Waals surface area contributed by atoms with E-state index in [9.17, 15) is 4.79 Å².